The molecule has 112 valence electrons. The fourth-order valence-corrected chi connectivity index (χ4v) is 2.35. The molecule has 2 nitrogen and oxygen atoms in total. The van der Waals surface area contributed by atoms with Crippen LogP contribution in [0.2, 0.25) is 0 Å². The van der Waals surface area contributed by atoms with Crippen molar-refractivity contribution in [2.45, 2.75) is 19.4 Å². The summed E-state index contributed by atoms with van der Waals surface area (Å²) in [6, 6.07) is 11.2. The first-order chi connectivity index (χ1) is 10.2. The van der Waals surface area contributed by atoms with Crippen LogP contribution in [0.3, 0.4) is 0 Å². The second kappa shape index (κ2) is 7.18. The second-order valence-electron chi connectivity index (χ2n) is 4.80. The Kier molecular flexibility index (Phi) is 5.28. The van der Waals surface area contributed by atoms with E-state index in [4.69, 9.17) is 4.74 Å². The van der Waals surface area contributed by atoms with Gasteiger partial charge in [-0.25, -0.2) is 8.78 Å². The van der Waals surface area contributed by atoms with Crippen molar-refractivity contribution in [3.05, 3.63) is 65.2 Å². The third-order valence-corrected chi connectivity index (χ3v) is 3.39. The number of benzene rings is 2. The smallest absolute Gasteiger partial charge is 0.169 e. The molecular weight excluding hydrogens is 272 g/mol. The van der Waals surface area contributed by atoms with Gasteiger partial charge < -0.3 is 10.1 Å². The molecule has 0 radical (unpaired) electrons. The van der Waals surface area contributed by atoms with E-state index in [2.05, 4.69) is 5.32 Å². The number of rotatable bonds is 6. The summed E-state index contributed by atoms with van der Waals surface area (Å²) < 4.78 is 32.4. The van der Waals surface area contributed by atoms with Gasteiger partial charge in [-0.2, -0.15) is 0 Å². The first-order valence-electron chi connectivity index (χ1n) is 6.96. The first-order valence-corrected chi connectivity index (χ1v) is 6.96. The number of nitrogens with one attached hydrogen (secondary N) is 1. The van der Waals surface area contributed by atoms with Crippen LogP contribution in [-0.2, 0) is 6.42 Å². The van der Waals surface area contributed by atoms with Gasteiger partial charge in [0.25, 0.3) is 0 Å². The lowest BCUT2D eigenvalue weighted by Gasteiger charge is -2.20. The molecular formula is C17H19F2NO. The molecule has 1 N–H and O–H groups in total. The van der Waals surface area contributed by atoms with Crippen molar-refractivity contribution < 1.29 is 13.5 Å². The van der Waals surface area contributed by atoms with Crippen molar-refractivity contribution in [2.75, 3.05) is 13.7 Å². The van der Waals surface area contributed by atoms with Crippen LogP contribution in [0.25, 0.3) is 0 Å². The van der Waals surface area contributed by atoms with Crippen molar-refractivity contribution >= 4 is 0 Å². The van der Waals surface area contributed by atoms with Gasteiger partial charge in [-0.1, -0.05) is 31.2 Å². The highest BCUT2D eigenvalue weighted by Gasteiger charge is 2.18. The predicted octanol–water partition coefficient (Wildman–Crippen LogP) is 3.87. The van der Waals surface area contributed by atoms with Gasteiger partial charge in [0, 0.05) is 11.6 Å². The number of halogens is 2. The molecule has 0 saturated heterocycles. The molecule has 0 aliphatic carbocycles. The zero-order valence-corrected chi connectivity index (χ0v) is 12.2. The second-order valence-corrected chi connectivity index (χ2v) is 4.80. The van der Waals surface area contributed by atoms with Crippen LogP contribution >= 0.6 is 0 Å². The number of hydrogen-bond acceptors (Lipinski definition) is 2. The average Bonchev–Trinajstić information content (AvgIpc) is 2.49. The summed E-state index contributed by atoms with van der Waals surface area (Å²) >= 11 is 0. The molecule has 2 rings (SSSR count). The van der Waals surface area contributed by atoms with Gasteiger partial charge in [-0.15, -0.1) is 0 Å². The largest absolute Gasteiger partial charge is 0.494 e. The van der Waals surface area contributed by atoms with Gasteiger partial charge in [0.1, 0.15) is 5.82 Å². The summed E-state index contributed by atoms with van der Waals surface area (Å²) in [6.45, 7) is 2.68. The van der Waals surface area contributed by atoms with E-state index in [1.807, 2.05) is 6.92 Å². The molecule has 0 heterocycles. The van der Waals surface area contributed by atoms with Crippen LogP contribution in [0.1, 0.15) is 24.1 Å². The maximum Gasteiger partial charge on any atom is 0.169 e. The minimum absolute atomic E-state index is 0.185. The summed E-state index contributed by atoms with van der Waals surface area (Å²) in [7, 11) is 1.45. The molecule has 0 aliphatic rings. The molecule has 0 saturated carbocycles. The highest BCUT2D eigenvalue weighted by Crippen LogP contribution is 2.27. The van der Waals surface area contributed by atoms with Crippen LogP contribution in [0.4, 0.5) is 8.78 Å². The molecule has 0 amide bonds. The normalized spacial score (nSPS) is 12.2. The zero-order chi connectivity index (χ0) is 15.2. The van der Waals surface area contributed by atoms with E-state index in [1.165, 1.54) is 19.2 Å². The Labute approximate surface area is 123 Å². The number of ether oxygens (including phenoxy) is 1. The average molecular weight is 291 g/mol. The third kappa shape index (κ3) is 3.79. The number of hydrogen-bond donors (Lipinski definition) is 1. The van der Waals surface area contributed by atoms with Gasteiger partial charge in [-0.3, -0.25) is 0 Å². The van der Waals surface area contributed by atoms with E-state index in [9.17, 15) is 8.78 Å². The first kappa shape index (κ1) is 15.4. The Morgan fingerprint density at radius 2 is 1.81 bits per heavy atom. The Morgan fingerprint density at radius 3 is 2.43 bits per heavy atom. The topological polar surface area (TPSA) is 21.3 Å². The molecule has 1 unspecified atom stereocenters. The molecule has 0 fully saturated rings. The molecule has 0 spiro atoms. The molecule has 4 heteroatoms. The third-order valence-electron chi connectivity index (χ3n) is 3.39. The zero-order valence-electron chi connectivity index (χ0n) is 12.2. The molecule has 2 aromatic rings. The van der Waals surface area contributed by atoms with Gasteiger partial charge in [-0.05, 0) is 36.7 Å². The summed E-state index contributed by atoms with van der Waals surface area (Å²) in [5.74, 6) is -0.395. The lowest BCUT2D eigenvalue weighted by atomic mass is 9.98. The number of methoxy groups -OCH3 is 1. The van der Waals surface area contributed by atoms with Crippen LogP contribution in [0.5, 0.6) is 5.75 Å². The number of likely N-dealkylation sites (N-methyl/N-ethyl adjacent to an activating group) is 1. The Bertz CT molecular complexity index is 584. The van der Waals surface area contributed by atoms with Crippen molar-refractivity contribution in [3.8, 4) is 5.75 Å². The lowest BCUT2D eigenvalue weighted by Crippen LogP contribution is -2.24. The summed E-state index contributed by atoms with van der Waals surface area (Å²) in [5.41, 5.74) is 1.50. The minimum atomic E-state index is -0.354. The van der Waals surface area contributed by atoms with Crippen molar-refractivity contribution in [3.63, 3.8) is 0 Å². The van der Waals surface area contributed by atoms with Crippen molar-refractivity contribution in [1.29, 1.82) is 0 Å². The standard InChI is InChI=1S/C17H19F2NO/c1-3-20-15(11-12-7-9-13(18)10-8-12)14-5-4-6-16(21-2)17(14)19/h4-10,15,20H,3,11H2,1-2H3. The maximum atomic E-state index is 14.4. The summed E-state index contributed by atoms with van der Waals surface area (Å²) in [5, 5.41) is 3.26. The highest BCUT2D eigenvalue weighted by molar-refractivity contribution is 5.34. The van der Waals surface area contributed by atoms with E-state index >= 15 is 0 Å². The predicted molar refractivity (Wildman–Crippen MR) is 79.5 cm³/mol. The SMILES string of the molecule is CCNC(Cc1ccc(F)cc1)c1cccc(OC)c1F. The molecule has 0 aromatic heterocycles. The van der Waals surface area contributed by atoms with Crippen LogP contribution in [0.15, 0.2) is 42.5 Å². The molecule has 21 heavy (non-hydrogen) atoms. The minimum Gasteiger partial charge on any atom is -0.494 e. The van der Waals surface area contributed by atoms with Gasteiger partial charge in [0.05, 0.1) is 7.11 Å². The van der Waals surface area contributed by atoms with E-state index in [-0.39, 0.29) is 23.4 Å². The fourth-order valence-electron chi connectivity index (χ4n) is 2.35. The fraction of sp³-hybridized carbons (Fsp3) is 0.294. The Hall–Kier alpha value is -1.94. The monoisotopic (exact) mass is 291 g/mol. The molecule has 0 bridgehead atoms. The molecule has 2 aromatic carbocycles. The molecule has 0 aliphatic heterocycles. The summed E-state index contributed by atoms with van der Waals surface area (Å²) in [4.78, 5) is 0. The highest BCUT2D eigenvalue weighted by atomic mass is 19.1. The van der Waals surface area contributed by atoms with Crippen LogP contribution < -0.4 is 10.1 Å². The Balaban J connectivity index is 2.28. The van der Waals surface area contributed by atoms with E-state index in [0.29, 0.717) is 18.5 Å². The van der Waals surface area contributed by atoms with E-state index in [0.717, 1.165) is 5.56 Å². The van der Waals surface area contributed by atoms with Gasteiger partial charge in [0.2, 0.25) is 0 Å². The van der Waals surface area contributed by atoms with Gasteiger partial charge >= 0.3 is 0 Å². The summed E-state index contributed by atoms with van der Waals surface area (Å²) in [6.07, 6.45) is 0.582. The maximum absolute atomic E-state index is 14.4. The van der Waals surface area contributed by atoms with Gasteiger partial charge in [0.15, 0.2) is 11.6 Å². The van der Waals surface area contributed by atoms with E-state index < -0.39 is 0 Å². The molecule has 1 atom stereocenters. The lowest BCUT2D eigenvalue weighted by molar-refractivity contribution is 0.379. The van der Waals surface area contributed by atoms with Crippen LogP contribution in [0, 0.1) is 11.6 Å². The van der Waals surface area contributed by atoms with Crippen LogP contribution in [-0.4, -0.2) is 13.7 Å². The van der Waals surface area contributed by atoms with Crippen molar-refractivity contribution in [1.82, 2.24) is 5.32 Å². The van der Waals surface area contributed by atoms with Crippen molar-refractivity contribution in [2.24, 2.45) is 0 Å². The van der Waals surface area contributed by atoms with E-state index in [1.54, 1.807) is 30.3 Å². The quantitative estimate of drug-likeness (QED) is 0.872. The Morgan fingerprint density at radius 1 is 1.10 bits per heavy atom.